The van der Waals surface area contributed by atoms with Crippen molar-refractivity contribution in [2.45, 2.75) is 38.2 Å². The van der Waals surface area contributed by atoms with Crippen LogP contribution in [0.15, 0.2) is 64.4 Å². The maximum absolute atomic E-state index is 15.3. The maximum Gasteiger partial charge on any atom is 0.283 e. The summed E-state index contributed by atoms with van der Waals surface area (Å²) < 4.78 is 44.4. The number of halogens is 4. The van der Waals surface area contributed by atoms with Crippen molar-refractivity contribution >= 4 is 33.8 Å². The first-order valence-electron chi connectivity index (χ1n) is 13.3. The number of aromatic nitrogens is 7. The van der Waals surface area contributed by atoms with E-state index in [1.165, 1.54) is 10.7 Å². The van der Waals surface area contributed by atoms with Gasteiger partial charge in [-0.2, -0.15) is 9.49 Å². The molecule has 13 heteroatoms. The van der Waals surface area contributed by atoms with Crippen molar-refractivity contribution in [1.82, 2.24) is 34.7 Å². The van der Waals surface area contributed by atoms with Gasteiger partial charge in [-0.15, -0.1) is 5.10 Å². The lowest BCUT2D eigenvalue weighted by molar-refractivity contribution is 0.146. The number of hydrogen-bond acceptors (Lipinski definition) is 6. The van der Waals surface area contributed by atoms with Crippen LogP contribution in [0.5, 0.6) is 0 Å². The van der Waals surface area contributed by atoms with Crippen LogP contribution in [0.25, 0.3) is 33.4 Å². The number of nitrogens with zero attached hydrogens (tertiary/aromatic N) is 7. The molecule has 3 aliphatic rings. The van der Waals surface area contributed by atoms with Crippen LogP contribution in [0.2, 0.25) is 5.02 Å². The summed E-state index contributed by atoms with van der Waals surface area (Å²) in [6.45, 7) is 1.93. The number of aryl methyl sites for hydroxylation is 1. The molecule has 0 spiro atoms. The van der Waals surface area contributed by atoms with Gasteiger partial charge in [0.25, 0.3) is 12.0 Å². The third-order valence-corrected chi connectivity index (χ3v) is 8.57. The monoisotopic (exact) mass is 588 g/mol. The Bertz CT molecular complexity index is 2080. The van der Waals surface area contributed by atoms with Crippen LogP contribution in [-0.4, -0.2) is 40.5 Å². The van der Waals surface area contributed by atoms with Crippen LogP contribution in [-0.2, 0) is 0 Å². The van der Waals surface area contributed by atoms with E-state index in [1.807, 2.05) is 25.1 Å². The molecule has 8 rings (SSSR count). The largest absolute Gasteiger partial charge is 0.287 e. The molecule has 2 aliphatic heterocycles. The summed E-state index contributed by atoms with van der Waals surface area (Å²) in [4.78, 5) is 22.8. The van der Waals surface area contributed by atoms with Crippen molar-refractivity contribution in [1.29, 1.82) is 0 Å². The van der Waals surface area contributed by atoms with Gasteiger partial charge < -0.3 is 0 Å². The molecular formula is C29H20ClF3N8O. The van der Waals surface area contributed by atoms with Crippen molar-refractivity contribution < 1.29 is 13.2 Å². The summed E-state index contributed by atoms with van der Waals surface area (Å²) in [5.74, 6) is 0.153. The first-order valence-corrected chi connectivity index (χ1v) is 13.7. The number of rotatable bonds is 5. The predicted octanol–water partition coefficient (Wildman–Crippen LogP) is 6.11. The van der Waals surface area contributed by atoms with E-state index in [9.17, 15) is 13.6 Å². The molecule has 210 valence electrons. The summed E-state index contributed by atoms with van der Waals surface area (Å²) in [6.07, 6.45) is -0.568. The first-order chi connectivity index (χ1) is 20.3. The average molecular weight is 589 g/mol. The molecule has 3 unspecified atom stereocenters. The fraction of sp³-hybridized carbons (Fsp3) is 0.241. The molecule has 3 aromatic heterocycles. The highest BCUT2D eigenvalue weighted by Crippen LogP contribution is 2.60. The van der Waals surface area contributed by atoms with Gasteiger partial charge in [-0.05, 0) is 49.1 Å². The van der Waals surface area contributed by atoms with E-state index < -0.39 is 24.1 Å². The van der Waals surface area contributed by atoms with Gasteiger partial charge in [-0.1, -0.05) is 28.9 Å². The highest BCUT2D eigenvalue weighted by atomic mass is 35.5. The second-order valence-electron chi connectivity index (χ2n) is 10.8. The van der Waals surface area contributed by atoms with Crippen molar-refractivity contribution in [3.63, 3.8) is 0 Å². The van der Waals surface area contributed by atoms with Crippen LogP contribution in [0, 0.1) is 12.8 Å². The number of allylic oxidation sites excluding steroid dienone is 1. The Hall–Kier alpha value is -4.58. The Kier molecular flexibility index (Phi) is 5.37. The highest BCUT2D eigenvalue weighted by molar-refractivity contribution is 6.31. The smallest absolute Gasteiger partial charge is 0.283 e. The molecule has 9 nitrogen and oxygen atoms in total. The second-order valence-corrected chi connectivity index (χ2v) is 11.3. The number of H-pyrrole nitrogens is 1. The minimum atomic E-state index is -2.78. The molecule has 0 bridgehead atoms. The number of benzene rings is 2. The normalized spacial score (nSPS) is 20.9. The zero-order valence-electron chi connectivity index (χ0n) is 21.9. The van der Waals surface area contributed by atoms with Gasteiger partial charge in [0.2, 0.25) is 5.95 Å². The van der Waals surface area contributed by atoms with Gasteiger partial charge in [0.15, 0.2) is 0 Å². The van der Waals surface area contributed by atoms with Gasteiger partial charge in [0.05, 0.1) is 29.1 Å². The van der Waals surface area contributed by atoms with Crippen LogP contribution in [0.3, 0.4) is 0 Å². The van der Waals surface area contributed by atoms with E-state index in [2.05, 4.69) is 25.5 Å². The molecule has 0 amide bonds. The van der Waals surface area contributed by atoms with Crippen molar-refractivity contribution in [2.24, 2.45) is 10.9 Å². The van der Waals surface area contributed by atoms with E-state index in [0.29, 0.717) is 44.6 Å². The molecule has 5 heterocycles. The molecular weight excluding hydrogens is 569 g/mol. The van der Waals surface area contributed by atoms with Crippen molar-refractivity contribution in [3.05, 3.63) is 92.8 Å². The Balaban J connectivity index is 1.15. The lowest BCUT2D eigenvalue weighted by Gasteiger charge is -2.19. The quantitative estimate of drug-likeness (QED) is 0.249. The van der Waals surface area contributed by atoms with E-state index in [0.717, 1.165) is 29.2 Å². The molecule has 1 aliphatic carbocycles. The number of aromatic amines is 1. The Morgan fingerprint density at radius 3 is 2.81 bits per heavy atom. The van der Waals surface area contributed by atoms with Gasteiger partial charge in [0, 0.05) is 51.4 Å². The molecule has 0 saturated heterocycles. The van der Waals surface area contributed by atoms with E-state index in [4.69, 9.17) is 16.6 Å². The summed E-state index contributed by atoms with van der Waals surface area (Å²) in [5, 5.41) is 16.0. The van der Waals surface area contributed by atoms with Crippen LogP contribution < -0.4 is 5.56 Å². The number of hydrogen-bond donors (Lipinski definition) is 1. The van der Waals surface area contributed by atoms with Crippen molar-refractivity contribution in [2.75, 3.05) is 0 Å². The van der Waals surface area contributed by atoms with Crippen LogP contribution in [0.4, 0.5) is 13.2 Å². The fourth-order valence-corrected chi connectivity index (χ4v) is 6.43. The second kappa shape index (κ2) is 8.96. The topological polar surface area (TPSA) is 107 Å². The summed E-state index contributed by atoms with van der Waals surface area (Å²) in [6, 6.07) is 11.4. The van der Waals surface area contributed by atoms with E-state index >= 15 is 4.39 Å². The minimum Gasteiger partial charge on any atom is -0.287 e. The summed E-state index contributed by atoms with van der Waals surface area (Å²) >= 11 is 6.29. The fourth-order valence-electron chi connectivity index (χ4n) is 6.26. The summed E-state index contributed by atoms with van der Waals surface area (Å²) in [7, 11) is 0. The van der Waals surface area contributed by atoms with Gasteiger partial charge in [0.1, 0.15) is 11.5 Å². The van der Waals surface area contributed by atoms with Crippen LogP contribution >= 0.6 is 11.6 Å². The molecule has 42 heavy (non-hydrogen) atoms. The average Bonchev–Trinajstić information content (AvgIpc) is 3.30. The van der Waals surface area contributed by atoms with Gasteiger partial charge >= 0.3 is 0 Å². The number of alkyl halides is 2. The van der Waals surface area contributed by atoms with Gasteiger partial charge in [-0.25, -0.2) is 23.4 Å². The predicted molar refractivity (Wildman–Crippen MR) is 150 cm³/mol. The highest BCUT2D eigenvalue weighted by Gasteiger charge is 2.56. The molecule has 1 saturated carbocycles. The third kappa shape index (κ3) is 3.78. The van der Waals surface area contributed by atoms with Crippen molar-refractivity contribution in [3.8, 4) is 16.9 Å². The molecule has 5 aromatic rings. The number of fused-ring (bicyclic) bond motifs is 4. The van der Waals surface area contributed by atoms with Crippen LogP contribution in [0.1, 0.15) is 54.0 Å². The Morgan fingerprint density at radius 1 is 1.14 bits per heavy atom. The molecule has 0 radical (unpaired) electrons. The standard InChI is InChI=1S/C29H20ClF3N8O/c1-12-15-4-2-13(6-21(15)37-36-12)16-9-22(34-28(16)33)26-17-8-18(17)29-35-20(10-25(42)41(26)29)19-7-14(30)3-5-24(19)40-11-23(27(31)32)38-39-40/h2-7,10-11,17-18,26-27H,8-9H2,1H3,(H,36,37). The molecule has 1 fully saturated rings. The van der Waals surface area contributed by atoms with E-state index in [-0.39, 0.29) is 23.8 Å². The number of aliphatic imine (C=N–C) groups is 1. The van der Waals surface area contributed by atoms with Gasteiger partial charge in [-0.3, -0.25) is 14.5 Å². The number of nitrogens with one attached hydrogen (secondary N) is 1. The third-order valence-electron chi connectivity index (χ3n) is 8.34. The Labute approximate surface area is 240 Å². The summed E-state index contributed by atoms with van der Waals surface area (Å²) in [5.41, 5.74) is 3.85. The zero-order chi connectivity index (χ0) is 28.9. The molecule has 1 N–H and O–H groups in total. The maximum atomic E-state index is 15.3. The molecule has 3 atom stereocenters. The lowest BCUT2D eigenvalue weighted by atomic mass is 9.97. The first kappa shape index (κ1) is 25.2. The molecule has 2 aromatic carbocycles. The van der Waals surface area contributed by atoms with E-state index in [1.54, 1.807) is 22.8 Å². The zero-order valence-corrected chi connectivity index (χ0v) is 22.6. The lowest BCUT2D eigenvalue weighted by Crippen LogP contribution is -2.30. The SMILES string of the molecule is Cc1[nH]nc2cc(C3=C(F)N=C(C4C5CC5c5nc(-c6cc(Cl)ccc6-n6cc(C(F)F)nn6)cc(=O)n54)C3)ccc12. The minimum absolute atomic E-state index is 0.0280. The Morgan fingerprint density at radius 2 is 2.00 bits per heavy atom.